The fourth-order valence-corrected chi connectivity index (χ4v) is 2.72. The van der Waals surface area contributed by atoms with Gasteiger partial charge in [0, 0.05) is 31.9 Å². The van der Waals surface area contributed by atoms with E-state index in [1.165, 1.54) is 13.4 Å². The van der Waals surface area contributed by atoms with Crippen LogP contribution < -0.4 is 15.1 Å². The minimum atomic E-state index is -0.120. The number of H-pyrrole nitrogens is 1. The van der Waals surface area contributed by atoms with Gasteiger partial charge in [0.1, 0.15) is 6.33 Å². The lowest BCUT2D eigenvalue weighted by atomic mass is 10.2. The first-order valence-electron chi connectivity index (χ1n) is 7.69. The van der Waals surface area contributed by atoms with Crippen LogP contribution in [0.1, 0.15) is 18.2 Å². The molecule has 0 spiro atoms. The standard InChI is InChI=1S/C16H20N6O2/c1-5-22-9-20-12-15(18-8-19-16(12)22)21(3)7-11-6-17-10(2)14(24-4)13(11)23/h6,8-9H,5,7H2,1-4H3,(H,17,23). The molecule has 3 aromatic rings. The molecular weight excluding hydrogens is 308 g/mol. The normalized spacial score (nSPS) is 11.0. The number of hydrogen-bond acceptors (Lipinski definition) is 6. The third-order valence-corrected chi connectivity index (χ3v) is 4.00. The van der Waals surface area contributed by atoms with Crippen molar-refractivity contribution in [1.29, 1.82) is 0 Å². The second kappa shape index (κ2) is 6.31. The number of nitrogens with one attached hydrogen (secondary N) is 1. The first-order chi connectivity index (χ1) is 11.6. The molecule has 0 radical (unpaired) electrons. The number of imidazole rings is 1. The Kier molecular flexibility index (Phi) is 4.20. The molecule has 0 unspecified atom stereocenters. The molecule has 0 fully saturated rings. The fraction of sp³-hybridized carbons (Fsp3) is 0.375. The number of rotatable bonds is 5. The molecule has 126 valence electrons. The van der Waals surface area contributed by atoms with Crippen LogP contribution >= 0.6 is 0 Å². The second-order valence-electron chi connectivity index (χ2n) is 5.56. The Balaban J connectivity index is 1.98. The highest BCUT2D eigenvalue weighted by Crippen LogP contribution is 2.21. The topological polar surface area (TPSA) is 88.9 Å². The van der Waals surface area contributed by atoms with E-state index in [1.807, 2.05) is 23.4 Å². The largest absolute Gasteiger partial charge is 0.491 e. The van der Waals surface area contributed by atoms with Gasteiger partial charge in [0.2, 0.25) is 5.43 Å². The van der Waals surface area contributed by atoms with E-state index in [0.29, 0.717) is 29.4 Å². The van der Waals surface area contributed by atoms with Gasteiger partial charge in [-0.2, -0.15) is 0 Å². The zero-order valence-electron chi connectivity index (χ0n) is 14.2. The highest BCUT2D eigenvalue weighted by Gasteiger charge is 2.16. The van der Waals surface area contributed by atoms with Crippen LogP contribution in [0.5, 0.6) is 5.75 Å². The average molecular weight is 328 g/mol. The first kappa shape index (κ1) is 16.0. The minimum Gasteiger partial charge on any atom is -0.491 e. The number of anilines is 1. The molecule has 0 bridgehead atoms. The van der Waals surface area contributed by atoms with Crippen molar-refractivity contribution < 1.29 is 4.74 Å². The Morgan fingerprint density at radius 2 is 2.12 bits per heavy atom. The van der Waals surface area contributed by atoms with Crippen LogP contribution in [0, 0.1) is 6.92 Å². The molecule has 0 saturated heterocycles. The van der Waals surface area contributed by atoms with E-state index in [2.05, 4.69) is 19.9 Å². The molecule has 0 amide bonds. The summed E-state index contributed by atoms with van der Waals surface area (Å²) in [6.07, 6.45) is 4.97. The maximum Gasteiger partial charge on any atom is 0.228 e. The van der Waals surface area contributed by atoms with E-state index in [9.17, 15) is 4.79 Å². The summed E-state index contributed by atoms with van der Waals surface area (Å²) < 4.78 is 7.14. The lowest BCUT2D eigenvalue weighted by Crippen LogP contribution is -2.24. The molecule has 0 atom stereocenters. The highest BCUT2D eigenvalue weighted by molar-refractivity contribution is 5.83. The molecule has 0 aliphatic carbocycles. The summed E-state index contributed by atoms with van der Waals surface area (Å²) in [5, 5.41) is 0. The van der Waals surface area contributed by atoms with Crippen LogP contribution in [0.15, 0.2) is 23.6 Å². The van der Waals surface area contributed by atoms with Gasteiger partial charge < -0.3 is 19.2 Å². The highest BCUT2D eigenvalue weighted by atomic mass is 16.5. The number of pyridine rings is 1. The number of aryl methyl sites for hydroxylation is 2. The van der Waals surface area contributed by atoms with Crippen molar-refractivity contribution in [3.63, 3.8) is 0 Å². The maximum absolute atomic E-state index is 12.5. The number of methoxy groups -OCH3 is 1. The van der Waals surface area contributed by atoms with Crippen molar-refractivity contribution in [2.75, 3.05) is 19.1 Å². The van der Waals surface area contributed by atoms with Gasteiger partial charge >= 0.3 is 0 Å². The van der Waals surface area contributed by atoms with Crippen molar-refractivity contribution in [3.8, 4) is 5.75 Å². The number of fused-ring (bicyclic) bond motifs is 1. The molecule has 0 aliphatic heterocycles. The third-order valence-electron chi connectivity index (χ3n) is 4.00. The van der Waals surface area contributed by atoms with Crippen molar-refractivity contribution in [2.45, 2.75) is 26.9 Å². The molecule has 24 heavy (non-hydrogen) atoms. The van der Waals surface area contributed by atoms with E-state index in [4.69, 9.17) is 4.74 Å². The summed E-state index contributed by atoms with van der Waals surface area (Å²) in [6.45, 7) is 5.01. The molecule has 8 heteroatoms. The van der Waals surface area contributed by atoms with Crippen LogP contribution in [0.4, 0.5) is 5.82 Å². The summed E-state index contributed by atoms with van der Waals surface area (Å²) in [6, 6.07) is 0. The molecule has 3 heterocycles. The van der Waals surface area contributed by atoms with E-state index in [0.717, 1.165) is 17.7 Å². The number of aromatic amines is 1. The second-order valence-corrected chi connectivity index (χ2v) is 5.56. The summed E-state index contributed by atoms with van der Waals surface area (Å²) in [5.74, 6) is 1.02. The van der Waals surface area contributed by atoms with E-state index in [1.54, 1.807) is 19.4 Å². The smallest absolute Gasteiger partial charge is 0.228 e. The SMILES string of the molecule is CCn1cnc2c(N(C)Cc3c[nH]c(C)c(OC)c3=O)ncnc21. The van der Waals surface area contributed by atoms with Crippen LogP contribution in [-0.2, 0) is 13.1 Å². The number of aromatic nitrogens is 5. The maximum atomic E-state index is 12.5. The van der Waals surface area contributed by atoms with Crippen LogP contribution in [-0.4, -0.2) is 38.7 Å². The van der Waals surface area contributed by atoms with Crippen molar-refractivity contribution in [2.24, 2.45) is 0 Å². The average Bonchev–Trinajstić information content (AvgIpc) is 3.01. The van der Waals surface area contributed by atoms with E-state index in [-0.39, 0.29) is 5.43 Å². The molecule has 3 rings (SSSR count). The third kappa shape index (κ3) is 2.60. The van der Waals surface area contributed by atoms with Gasteiger partial charge in [-0.3, -0.25) is 4.79 Å². The quantitative estimate of drug-likeness (QED) is 0.763. The number of ether oxygens (including phenoxy) is 1. The van der Waals surface area contributed by atoms with Crippen LogP contribution in [0.25, 0.3) is 11.2 Å². The molecule has 1 N–H and O–H groups in total. The zero-order chi connectivity index (χ0) is 17.3. The van der Waals surface area contributed by atoms with Crippen LogP contribution in [0.3, 0.4) is 0 Å². The van der Waals surface area contributed by atoms with Gasteiger partial charge in [-0.25, -0.2) is 15.0 Å². The lowest BCUT2D eigenvalue weighted by Gasteiger charge is -2.18. The summed E-state index contributed by atoms with van der Waals surface area (Å²) in [5.41, 5.74) is 2.69. The van der Waals surface area contributed by atoms with Gasteiger partial charge in [0.05, 0.1) is 19.1 Å². The molecule has 8 nitrogen and oxygen atoms in total. The molecule has 0 aromatic carbocycles. The summed E-state index contributed by atoms with van der Waals surface area (Å²) in [4.78, 5) is 30.5. The van der Waals surface area contributed by atoms with Crippen molar-refractivity contribution in [1.82, 2.24) is 24.5 Å². The predicted molar refractivity (Wildman–Crippen MR) is 91.5 cm³/mol. The van der Waals surface area contributed by atoms with E-state index < -0.39 is 0 Å². The predicted octanol–water partition coefficient (Wildman–Crippen LogP) is 1.49. The monoisotopic (exact) mass is 328 g/mol. The summed E-state index contributed by atoms with van der Waals surface area (Å²) >= 11 is 0. The van der Waals surface area contributed by atoms with Gasteiger partial charge in [0.25, 0.3) is 0 Å². The van der Waals surface area contributed by atoms with Gasteiger partial charge in [-0.15, -0.1) is 0 Å². The Morgan fingerprint density at radius 1 is 1.33 bits per heavy atom. The lowest BCUT2D eigenvalue weighted by molar-refractivity contribution is 0.404. The van der Waals surface area contributed by atoms with Crippen LogP contribution in [0.2, 0.25) is 0 Å². The van der Waals surface area contributed by atoms with Gasteiger partial charge in [-0.05, 0) is 13.8 Å². The van der Waals surface area contributed by atoms with Crippen molar-refractivity contribution >= 4 is 17.0 Å². The van der Waals surface area contributed by atoms with Gasteiger partial charge in [0.15, 0.2) is 22.7 Å². The summed E-state index contributed by atoms with van der Waals surface area (Å²) in [7, 11) is 3.37. The molecule has 3 aromatic heterocycles. The molecule has 0 aliphatic rings. The molecule has 0 saturated carbocycles. The first-order valence-corrected chi connectivity index (χ1v) is 7.69. The Labute approximate surface area is 139 Å². The zero-order valence-corrected chi connectivity index (χ0v) is 14.2. The fourth-order valence-electron chi connectivity index (χ4n) is 2.72. The van der Waals surface area contributed by atoms with Gasteiger partial charge in [-0.1, -0.05) is 0 Å². The van der Waals surface area contributed by atoms with E-state index >= 15 is 0 Å². The number of hydrogen-bond donors (Lipinski definition) is 1. The molecular formula is C16H20N6O2. The van der Waals surface area contributed by atoms with Crippen molar-refractivity contribution in [3.05, 3.63) is 40.3 Å². The Bertz CT molecular complexity index is 930. The Hall–Kier alpha value is -2.90. The Morgan fingerprint density at radius 3 is 2.83 bits per heavy atom. The number of nitrogens with zero attached hydrogens (tertiary/aromatic N) is 5. The minimum absolute atomic E-state index is 0.120.